The second-order valence-corrected chi connectivity index (χ2v) is 10.6. The first-order chi connectivity index (χ1) is 17.8. The number of benzene rings is 4. The molecule has 4 aromatic carbocycles. The molecule has 1 N–H and O–H groups in total. The van der Waals surface area contributed by atoms with Crippen molar-refractivity contribution in [3.05, 3.63) is 96.1 Å². The minimum Gasteiger partial charge on any atom is -0.495 e. The van der Waals surface area contributed by atoms with E-state index in [-0.39, 0.29) is 18.0 Å². The van der Waals surface area contributed by atoms with Crippen LogP contribution in [-0.4, -0.2) is 41.1 Å². The van der Waals surface area contributed by atoms with Crippen molar-refractivity contribution in [2.75, 3.05) is 31.1 Å². The van der Waals surface area contributed by atoms with Gasteiger partial charge in [-0.05, 0) is 66.6 Å². The highest BCUT2D eigenvalue weighted by Gasteiger charge is 2.29. The van der Waals surface area contributed by atoms with Crippen LogP contribution in [0.5, 0.6) is 11.5 Å². The SMILES string of the molecule is COc1ccc(C)cc1N(CC(=O)NCCOc1ccc2ccccc2c1)S(=O)(=O)c1ccc(C)cc1. The van der Waals surface area contributed by atoms with Gasteiger partial charge in [-0.3, -0.25) is 9.10 Å². The van der Waals surface area contributed by atoms with Gasteiger partial charge >= 0.3 is 0 Å². The molecule has 8 heteroatoms. The fraction of sp³-hybridized carbons (Fsp3) is 0.207. The monoisotopic (exact) mass is 518 g/mol. The van der Waals surface area contributed by atoms with Gasteiger partial charge in [0.15, 0.2) is 0 Å². The van der Waals surface area contributed by atoms with Crippen LogP contribution in [-0.2, 0) is 14.8 Å². The largest absolute Gasteiger partial charge is 0.495 e. The van der Waals surface area contributed by atoms with E-state index in [1.807, 2.05) is 62.4 Å². The zero-order valence-electron chi connectivity index (χ0n) is 21.1. The van der Waals surface area contributed by atoms with Crippen molar-refractivity contribution in [2.45, 2.75) is 18.7 Å². The first-order valence-electron chi connectivity index (χ1n) is 11.9. The number of ether oxygens (including phenoxy) is 2. The minimum atomic E-state index is -4.05. The highest BCUT2D eigenvalue weighted by Crippen LogP contribution is 2.33. The number of nitrogens with zero attached hydrogens (tertiary/aromatic N) is 1. The molecule has 0 aliphatic rings. The first kappa shape index (κ1) is 26.0. The topological polar surface area (TPSA) is 84.9 Å². The highest BCUT2D eigenvalue weighted by atomic mass is 32.2. The van der Waals surface area contributed by atoms with Crippen LogP contribution in [0.2, 0.25) is 0 Å². The molecule has 0 fully saturated rings. The minimum absolute atomic E-state index is 0.0918. The zero-order chi connectivity index (χ0) is 26.4. The van der Waals surface area contributed by atoms with Gasteiger partial charge in [0.05, 0.1) is 24.2 Å². The third-order valence-electron chi connectivity index (χ3n) is 5.91. The van der Waals surface area contributed by atoms with Crippen LogP contribution in [0.15, 0.2) is 89.8 Å². The Labute approximate surface area is 217 Å². The molecular formula is C29H30N2O5S. The summed E-state index contributed by atoms with van der Waals surface area (Å²) in [6.07, 6.45) is 0. The Hall–Kier alpha value is -4.04. The molecule has 192 valence electrons. The van der Waals surface area contributed by atoms with Gasteiger partial charge in [-0.15, -0.1) is 0 Å². The van der Waals surface area contributed by atoms with Crippen LogP contribution >= 0.6 is 0 Å². The number of nitrogens with one attached hydrogen (secondary N) is 1. The van der Waals surface area contributed by atoms with Crippen LogP contribution in [0.3, 0.4) is 0 Å². The fourth-order valence-corrected chi connectivity index (χ4v) is 5.36. The number of methoxy groups -OCH3 is 1. The summed E-state index contributed by atoms with van der Waals surface area (Å²) >= 11 is 0. The molecule has 0 heterocycles. The molecule has 0 aromatic heterocycles. The quantitative estimate of drug-likeness (QED) is 0.303. The summed E-state index contributed by atoms with van der Waals surface area (Å²) < 4.78 is 39.6. The summed E-state index contributed by atoms with van der Waals surface area (Å²) in [5, 5.41) is 4.94. The van der Waals surface area contributed by atoms with E-state index < -0.39 is 22.5 Å². The van der Waals surface area contributed by atoms with E-state index in [1.165, 1.54) is 19.2 Å². The van der Waals surface area contributed by atoms with Crippen LogP contribution in [0, 0.1) is 13.8 Å². The van der Waals surface area contributed by atoms with Gasteiger partial charge in [-0.2, -0.15) is 0 Å². The molecule has 0 saturated heterocycles. The maximum absolute atomic E-state index is 13.6. The molecule has 7 nitrogen and oxygen atoms in total. The molecule has 0 atom stereocenters. The zero-order valence-corrected chi connectivity index (χ0v) is 21.9. The van der Waals surface area contributed by atoms with Gasteiger partial charge < -0.3 is 14.8 Å². The number of fused-ring (bicyclic) bond motifs is 1. The third-order valence-corrected chi connectivity index (χ3v) is 7.69. The number of amides is 1. The number of carbonyl (C=O) groups excluding carboxylic acids is 1. The second-order valence-electron chi connectivity index (χ2n) is 8.71. The van der Waals surface area contributed by atoms with E-state index in [4.69, 9.17) is 9.47 Å². The Bertz CT molecular complexity index is 1500. The average molecular weight is 519 g/mol. The van der Waals surface area contributed by atoms with Crippen molar-refractivity contribution in [1.29, 1.82) is 0 Å². The number of hydrogen-bond acceptors (Lipinski definition) is 5. The normalized spacial score (nSPS) is 11.2. The fourth-order valence-electron chi connectivity index (χ4n) is 3.93. The van der Waals surface area contributed by atoms with Gasteiger partial charge in [0.1, 0.15) is 24.7 Å². The van der Waals surface area contributed by atoms with Gasteiger partial charge in [0.25, 0.3) is 10.0 Å². The maximum Gasteiger partial charge on any atom is 0.264 e. The second kappa shape index (κ2) is 11.3. The Morgan fingerprint density at radius 3 is 2.30 bits per heavy atom. The predicted octanol–water partition coefficient (Wildman–Crippen LogP) is 4.86. The molecule has 0 aliphatic carbocycles. The highest BCUT2D eigenvalue weighted by molar-refractivity contribution is 7.92. The Balaban J connectivity index is 1.48. The Morgan fingerprint density at radius 1 is 0.865 bits per heavy atom. The van der Waals surface area contributed by atoms with E-state index in [0.29, 0.717) is 17.2 Å². The molecule has 0 aliphatic heterocycles. The lowest BCUT2D eigenvalue weighted by molar-refractivity contribution is -0.119. The molecule has 4 aromatic rings. The number of hydrogen-bond donors (Lipinski definition) is 1. The number of anilines is 1. The van der Waals surface area contributed by atoms with Gasteiger partial charge in [-0.1, -0.05) is 54.1 Å². The molecule has 0 unspecified atom stereocenters. The smallest absolute Gasteiger partial charge is 0.264 e. The predicted molar refractivity (Wildman–Crippen MR) is 146 cm³/mol. The van der Waals surface area contributed by atoms with E-state index >= 15 is 0 Å². The average Bonchev–Trinajstić information content (AvgIpc) is 2.90. The third kappa shape index (κ3) is 6.21. The lowest BCUT2D eigenvalue weighted by atomic mass is 10.1. The van der Waals surface area contributed by atoms with Crippen molar-refractivity contribution >= 4 is 32.4 Å². The number of sulfonamides is 1. The molecule has 0 saturated carbocycles. The Morgan fingerprint density at radius 2 is 1.57 bits per heavy atom. The number of rotatable bonds is 10. The standard InChI is InChI=1S/C29H30N2O5S/c1-21-8-13-26(14-9-21)37(33,34)31(27-18-22(2)10-15-28(27)35-3)20-29(32)30-16-17-36-25-12-11-23-6-4-5-7-24(23)19-25/h4-15,18-19H,16-17,20H2,1-3H3,(H,30,32). The number of aryl methyl sites for hydroxylation is 2. The van der Waals surface area contributed by atoms with Crippen LogP contribution in [0.1, 0.15) is 11.1 Å². The van der Waals surface area contributed by atoms with Gasteiger partial charge in [-0.25, -0.2) is 8.42 Å². The summed E-state index contributed by atoms with van der Waals surface area (Å²) in [6, 6.07) is 25.5. The lowest BCUT2D eigenvalue weighted by Gasteiger charge is -2.26. The van der Waals surface area contributed by atoms with Crippen LogP contribution in [0.25, 0.3) is 10.8 Å². The van der Waals surface area contributed by atoms with Gasteiger partial charge in [0, 0.05) is 0 Å². The molecular weight excluding hydrogens is 488 g/mol. The summed E-state index contributed by atoms with van der Waals surface area (Å²) in [6.45, 7) is 3.78. The van der Waals surface area contributed by atoms with Crippen molar-refractivity contribution in [3.8, 4) is 11.5 Å². The Kier molecular flexibility index (Phi) is 7.98. The summed E-state index contributed by atoms with van der Waals surface area (Å²) in [4.78, 5) is 13.0. The molecule has 0 bridgehead atoms. The summed E-state index contributed by atoms with van der Waals surface area (Å²) in [7, 11) is -2.58. The summed E-state index contributed by atoms with van der Waals surface area (Å²) in [5.41, 5.74) is 2.07. The lowest BCUT2D eigenvalue weighted by Crippen LogP contribution is -2.42. The molecule has 1 amide bonds. The summed E-state index contributed by atoms with van der Waals surface area (Å²) in [5.74, 6) is 0.594. The van der Waals surface area contributed by atoms with Gasteiger partial charge in [0.2, 0.25) is 5.91 Å². The number of carbonyl (C=O) groups is 1. The van der Waals surface area contributed by atoms with E-state index in [0.717, 1.165) is 26.2 Å². The van der Waals surface area contributed by atoms with E-state index in [2.05, 4.69) is 5.32 Å². The molecule has 0 spiro atoms. The van der Waals surface area contributed by atoms with Crippen molar-refractivity contribution in [3.63, 3.8) is 0 Å². The molecule has 0 radical (unpaired) electrons. The van der Waals surface area contributed by atoms with Crippen molar-refractivity contribution in [2.24, 2.45) is 0 Å². The maximum atomic E-state index is 13.6. The molecule has 37 heavy (non-hydrogen) atoms. The van der Waals surface area contributed by atoms with Crippen molar-refractivity contribution in [1.82, 2.24) is 5.32 Å². The van der Waals surface area contributed by atoms with Crippen LogP contribution < -0.4 is 19.1 Å². The van der Waals surface area contributed by atoms with E-state index in [1.54, 1.807) is 24.3 Å². The van der Waals surface area contributed by atoms with Crippen LogP contribution in [0.4, 0.5) is 5.69 Å². The van der Waals surface area contributed by atoms with Crippen molar-refractivity contribution < 1.29 is 22.7 Å². The molecule has 4 rings (SSSR count). The first-order valence-corrected chi connectivity index (χ1v) is 13.3. The van der Waals surface area contributed by atoms with E-state index in [9.17, 15) is 13.2 Å².